The van der Waals surface area contributed by atoms with E-state index in [2.05, 4.69) is 4.98 Å². The highest BCUT2D eigenvalue weighted by molar-refractivity contribution is 7.90. The average molecular weight is 301 g/mol. The Labute approximate surface area is 119 Å². The summed E-state index contributed by atoms with van der Waals surface area (Å²) >= 11 is 5.05. The SMILES string of the molecule is Cc1cc(C)c(C(N)=S)c(N(C)CCS(C)(=O)=O)n1. The van der Waals surface area contributed by atoms with Crippen molar-refractivity contribution >= 4 is 32.9 Å². The summed E-state index contributed by atoms with van der Waals surface area (Å²) in [6, 6.07) is 1.91. The zero-order valence-electron chi connectivity index (χ0n) is 11.6. The maximum absolute atomic E-state index is 11.2. The van der Waals surface area contributed by atoms with Gasteiger partial charge in [0.15, 0.2) is 0 Å². The van der Waals surface area contributed by atoms with E-state index in [0.29, 0.717) is 17.9 Å². The zero-order valence-corrected chi connectivity index (χ0v) is 13.2. The molecule has 7 heteroatoms. The maximum atomic E-state index is 11.2. The van der Waals surface area contributed by atoms with Gasteiger partial charge in [-0.05, 0) is 25.5 Å². The Bertz CT molecular complexity index is 597. The number of thiocarbonyl (C=S) groups is 1. The summed E-state index contributed by atoms with van der Waals surface area (Å²) in [5, 5.41) is 0. The first-order valence-electron chi connectivity index (χ1n) is 5.78. The van der Waals surface area contributed by atoms with E-state index in [1.807, 2.05) is 19.9 Å². The number of sulfone groups is 1. The molecule has 106 valence electrons. The number of nitrogens with two attached hydrogens (primary N) is 1. The van der Waals surface area contributed by atoms with Crippen LogP contribution < -0.4 is 10.6 Å². The Balaban J connectivity index is 3.14. The van der Waals surface area contributed by atoms with Crippen LogP contribution in [0.1, 0.15) is 16.8 Å². The van der Waals surface area contributed by atoms with Crippen molar-refractivity contribution in [2.24, 2.45) is 5.73 Å². The zero-order chi connectivity index (χ0) is 14.8. The van der Waals surface area contributed by atoms with E-state index < -0.39 is 9.84 Å². The normalized spacial score (nSPS) is 11.4. The van der Waals surface area contributed by atoms with Crippen molar-refractivity contribution in [3.8, 4) is 0 Å². The van der Waals surface area contributed by atoms with Gasteiger partial charge in [0.25, 0.3) is 0 Å². The van der Waals surface area contributed by atoms with Crippen molar-refractivity contribution < 1.29 is 8.42 Å². The number of aromatic nitrogens is 1. The fourth-order valence-corrected chi connectivity index (χ4v) is 2.66. The number of rotatable bonds is 5. The highest BCUT2D eigenvalue weighted by Crippen LogP contribution is 2.21. The number of pyridine rings is 1. The molecule has 0 aliphatic carbocycles. The molecule has 0 saturated heterocycles. The molecule has 19 heavy (non-hydrogen) atoms. The fraction of sp³-hybridized carbons (Fsp3) is 0.500. The number of nitrogens with zero attached hydrogens (tertiary/aromatic N) is 2. The van der Waals surface area contributed by atoms with E-state index >= 15 is 0 Å². The summed E-state index contributed by atoms with van der Waals surface area (Å²) < 4.78 is 22.4. The number of hydrogen-bond donors (Lipinski definition) is 1. The van der Waals surface area contributed by atoms with Crippen molar-refractivity contribution in [3.05, 3.63) is 22.9 Å². The third-order valence-electron chi connectivity index (χ3n) is 2.73. The fourth-order valence-electron chi connectivity index (χ4n) is 1.81. The lowest BCUT2D eigenvalue weighted by Gasteiger charge is -2.22. The molecule has 2 N–H and O–H groups in total. The van der Waals surface area contributed by atoms with Gasteiger partial charge >= 0.3 is 0 Å². The van der Waals surface area contributed by atoms with Crippen LogP contribution in [0.25, 0.3) is 0 Å². The van der Waals surface area contributed by atoms with Crippen LogP contribution in [0.2, 0.25) is 0 Å². The second-order valence-electron chi connectivity index (χ2n) is 4.69. The average Bonchev–Trinajstić information content (AvgIpc) is 2.22. The van der Waals surface area contributed by atoms with Crippen LogP contribution >= 0.6 is 12.2 Å². The second-order valence-corrected chi connectivity index (χ2v) is 7.39. The molecule has 5 nitrogen and oxygen atoms in total. The molecule has 0 unspecified atom stereocenters. The third kappa shape index (κ3) is 4.43. The molecule has 0 atom stereocenters. The molecule has 0 fully saturated rings. The van der Waals surface area contributed by atoms with E-state index in [1.54, 1.807) is 11.9 Å². The minimum Gasteiger partial charge on any atom is -0.389 e. The lowest BCUT2D eigenvalue weighted by atomic mass is 10.1. The third-order valence-corrected chi connectivity index (χ3v) is 3.86. The van der Waals surface area contributed by atoms with E-state index in [9.17, 15) is 8.42 Å². The Morgan fingerprint density at radius 1 is 1.47 bits per heavy atom. The molecule has 0 radical (unpaired) electrons. The highest BCUT2D eigenvalue weighted by Gasteiger charge is 2.16. The Kier molecular flexibility index (Phi) is 4.86. The highest BCUT2D eigenvalue weighted by atomic mass is 32.2. The van der Waals surface area contributed by atoms with Gasteiger partial charge in [-0.15, -0.1) is 0 Å². The van der Waals surface area contributed by atoms with E-state index in [1.165, 1.54) is 6.26 Å². The van der Waals surface area contributed by atoms with Crippen molar-refractivity contribution in [3.63, 3.8) is 0 Å². The first-order valence-corrected chi connectivity index (χ1v) is 8.25. The van der Waals surface area contributed by atoms with Crippen LogP contribution in [0.4, 0.5) is 5.82 Å². The second kappa shape index (κ2) is 5.83. The molecule has 1 heterocycles. The van der Waals surface area contributed by atoms with Crippen LogP contribution in [0.5, 0.6) is 0 Å². The van der Waals surface area contributed by atoms with Gasteiger partial charge in [0.2, 0.25) is 0 Å². The Morgan fingerprint density at radius 2 is 2.05 bits per heavy atom. The van der Waals surface area contributed by atoms with E-state index in [4.69, 9.17) is 18.0 Å². The first kappa shape index (κ1) is 15.8. The summed E-state index contributed by atoms with van der Waals surface area (Å²) in [6.45, 7) is 4.14. The molecule has 1 aromatic heterocycles. The Hall–Kier alpha value is -1.21. The maximum Gasteiger partial charge on any atom is 0.149 e. The Morgan fingerprint density at radius 3 is 2.53 bits per heavy atom. The minimum absolute atomic E-state index is 0.0644. The molecule has 0 amide bonds. The minimum atomic E-state index is -3.01. The summed E-state index contributed by atoms with van der Waals surface area (Å²) in [6.07, 6.45) is 1.21. The van der Waals surface area contributed by atoms with Crippen molar-refractivity contribution in [1.29, 1.82) is 0 Å². The predicted molar refractivity (Wildman–Crippen MR) is 82.6 cm³/mol. The van der Waals surface area contributed by atoms with Crippen LogP contribution in [0.3, 0.4) is 0 Å². The van der Waals surface area contributed by atoms with E-state index in [-0.39, 0.29) is 10.7 Å². The lowest BCUT2D eigenvalue weighted by Crippen LogP contribution is -2.29. The van der Waals surface area contributed by atoms with Gasteiger partial charge < -0.3 is 10.6 Å². The van der Waals surface area contributed by atoms with Crippen LogP contribution in [-0.4, -0.2) is 44.0 Å². The first-order chi connectivity index (χ1) is 8.61. The summed E-state index contributed by atoms with van der Waals surface area (Å²) in [4.78, 5) is 6.46. The van der Waals surface area contributed by atoms with Crippen molar-refractivity contribution in [2.45, 2.75) is 13.8 Å². The topological polar surface area (TPSA) is 76.3 Å². The van der Waals surface area contributed by atoms with Crippen LogP contribution in [0, 0.1) is 13.8 Å². The van der Waals surface area contributed by atoms with Gasteiger partial charge in [-0.25, -0.2) is 13.4 Å². The molecule has 0 aliphatic heterocycles. The predicted octanol–water partition coefficient (Wildman–Crippen LogP) is 0.813. The van der Waals surface area contributed by atoms with Gasteiger partial charge in [0.05, 0.1) is 11.3 Å². The largest absolute Gasteiger partial charge is 0.389 e. The molecule has 0 saturated carbocycles. The number of anilines is 1. The van der Waals surface area contributed by atoms with Gasteiger partial charge in [0.1, 0.15) is 20.6 Å². The standard InChI is InChI=1S/C12H19N3O2S2/c1-8-7-9(2)14-12(10(8)11(13)18)15(3)5-6-19(4,16)17/h7H,5-6H2,1-4H3,(H2,13,18). The van der Waals surface area contributed by atoms with Gasteiger partial charge in [0, 0.05) is 25.5 Å². The van der Waals surface area contributed by atoms with Gasteiger partial charge in [-0.3, -0.25) is 0 Å². The van der Waals surface area contributed by atoms with Crippen LogP contribution in [0.15, 0.2) is 6.07 Å². The number of hydrogen-bond acceptors (Lipinski definition) is 5. The van der Waals surface area contributed by atoms with Gasteiger partial charge in [-0.2, -0.15) is 0 Å². The molecule has 0 aromatic carbocycles. The molecular weight excluding hydrogens is 282 g/mol. The molecule has 1 rings (SSSR count). The smallest absolute Gasteiger partial charge is 0.149 e. The van der Waals surface area contributed by atoms with Crippen molar-refractivity contribution in [2.75, 3.05) is 30.5 Å². The monoisotopic (exact) mass is 301 g/mol. The molecular formula is C12H19N3O2S2. The molecule has 0 spiro atoms. The van der Waals surface area contributed by atoms with E-state index in [0.717, 1.165) is 11.3 Å². The molecule has 1 aromatic rings. The van der Waals surface area contributed by atoms with Crippen molar-refractivity contribution in [1.82, 2.24) is 4.98 Å². The molecule has 0 aliphatic rings. The summed E-state index contributed by atoms with van der Waals surface area (Å²) in [5.41, 5.74) is 8.23. The summed E-state index contributed by atoms with van der Waals surface area (Å²) in [7, 11) is -1.23. The molecule has 0 bridgehead atoms. The lowest BCUT2D eigenvalue weighted by molar-refractivity contribution is 0.601. The van der Waals surface area contributed by atoms with Crippen LogP contribution in [-0.2, 0) is 9.84 Å². The summed E-state index contributed by atoms with van der Waals surface area (Å²) in [5.74, 6) is 0.697. The van der Waals surface area contributed by atoms with Gasteiger partial charge in [-0.1, -0.05) is 12.2 Å². The quantitative estimate of drug-likeness (QED) is 0.811. The number of aryl methyl sites for hydroxylation is 2.